The number of carbonyl (C=O) groups excluding carboxylic acids is 1. The molecule has 0 saturated heterocycles. The largest absolute Gasteiger partial charge is 0.526 e. The van der Waals surface area contributed by atoms with Crippen LogP contribution in [0.1, 0.15) is 24.9 Å². The molecule has 0 fully saturated rings. The number of hydrogen-bond donors (Lipinski definition) is 7. The second kappa shape index (κ2) is 27.6. The van der Waals surface area contributed by atoms with Crippen molar-refractivity contribution in [3.63, 3.8) is 0 Å². The lowest BCUT2D eigenvalue weighted by Gasteiger charge is -2.19. The zero-order valence-electron chi connectivity index (χ0n) is 49.8. The Bertz CT molecular complexity index is 4510. The van der Waals surface area contributed by atoms with Crippen LogP contribution in [0.4, 0.5) is 45.6 Å². The lowest BCUT2D eigenvalue weighted by molar-refractivity contribution is 0.0635. The topological polar surface area (TPSA) is 295 Å². The van der Waals surface area contributed by atoms with Crippen LogP contribution in [0, 0.1) is 23.8 Å². The van der Waals surface area contributed by atoms with Gasteiger partial charge in [0.05, 0.1) is 42.5 Å². The molecule has 87 heavy (non-hydrogen) atoms. The highest BCUT2D eigenvalue weighted by molar-refractivity contribution is 9.10. The van der Waals surface area contributed by atoms with Crippen molar-refractivity contribution in [2.24, 2.45) is 0 Å². The molecule has 20 nitrogen and oxygen atoms in total. The van der Waals surface area contributed by atoms with E-state index in [1.54, 1.807) is 127 Å². The number of phenolic OH excluding ortho intramolecular Hbond substituents is 1. The molecule has 8 heterocycles. The van der Waals surface area contributed by atoms with Gasteiger partial charge >= 0.3 is 13.2 Å². The highest BCUT2D eigenvalue weighted by Crippen LogP contribution is 2.35. The molecule has 0 unspecified atom stereocenters. The Morgan fingerprint density at radius 3 is 1.40 bits per heavy atom. The predicted molar refractivity (Wildman–Crippen MR) is 326 cm³/mol. The number of amides is 1. The summed E-state index contributed by atoms with van der Waals surface area (Å²) in [7, 11) is 3.16. The Balaban J connectivity index is 0.000000150. The number of ether oxygens (including phenoxy) is 4. The first-order valence-corrected chi connectivity index (χ1v) is 26.4. The van der Waals surface area contributed by atoms with Crippen LogP contribution >= 0.6 is 15.9 Å². The van der Waals surface area contributed by atoms with Crippen LogP contribution in [0.5, 0.6) is 23.0 Å². The summed E-state index contributed by atoms with van der Waals surface area (Å²) in [6, 6.07) is 38.9. The maximum absolute atomic E-state index is 14.4. The number of nitrogens with two attached hydrogens (primary N) is 2. The molecule has 0 bridgehead atoms. The first-order chi connectivity index (χ1) is 42.6. The average Bonchev–Trinajstić information content (AvgIpc) is 2.71. The first-order valence-electron chi connectivity index (χ1n) is 27.1. The van der Waals surface area contributed by atoms with Crippen molar-refractivity contribution in [3.05, 3.63) is 174 Å². The number of aromatic nitrogens is 4. The number of anilines is 4. The lowest BCUT2D eigenvalue weighted by atomic mass is 9.88. The van der Waals surface area contributed by atoms with Crippen LogP contribution in [-0.4, -0.2) is 82.2 Å². The molecular weight excluding hydrogens is 1200 g/mol. The second-order valence-electron chi connectivity index (χ2n) is 19.2. The van der Waals surface area contributed by atoms with Gasteiger partial charge in [-0.05, 0) is 182 Å². The Hall–Kier alpha value is -10.3. The summed E-state index contributed by atoms with van der Waals surface area (Å²) in [6.07, 6.45) is -0.701. The predicted octanol–water partition coefficient (Wildman–Crippen LogP) is 13.3. The lowest BCUT2D eigenvalue weighted by Crippen LogP contribution is -2.27. The molecule has 4 aromatic carbocycles. The van der Waals surface area contributed by atoms with Gasteiger partial charge in [-0.25, -0.2) is 24.7 Å². The highest BCUT2D eigenvalue weighted by atomic mass is 79.9. The summed E-state index contributed by atoms with van der Waals surface area (Å²) in [5.74, 6) is 0.636. The summed E-state index contributed by atoms with van der Waals surface area (Å²) >= 11 is 2.94. The number of nitrogen functional groups attached to an aromatic ring is 2. The van der Waals surface area contributed by atoms with Crippen LogP contribution in [0.25, 0.3) is 77.8 Å². The van der Waals surface area contributed by atoms with Gasteiger partial charge in [0.2, 0.25) is 23.8 Å². The SMILES string of the molecule is COc1ccc2oc(-c3ccc(N)nc3F)cc2c1.COc1ccc2oc(-c3ccc(NC(=O)OC(C)(C)C)nc3F)cc2c1.COc1ccc2oc(B(O)O)cc2c1.Nc1ccc(Br)c(F)n1.[2H]C([2H])([2H])Nc1ccc(-c2cc3cc(O)ccc3o2)c(F)n1. The number of halogens is 5. The van der Waals surface area contributed by atoms with E-state index in [0.29, 0.717) is 55.2 Å². The smallest absolute Gasteiger partial charge is 0.508 e. The van der Waals surface area contributed by atoms with E-state index in [-0.39, 0.29) is 57.1 Å². The van der Waals surface area contributed by atoms with Gasteiger partial charge in [0.15, 0.2) is 0 Å². The molecule has 448 valence electrons. The van der Waals surface area contributed by atoms with Crippen molar-refractivity contribution < 1.29 is 78.2 Å². The molecule has 0 aliphatic rings. The number of pyridine rings is 4. The maximum atomic E-state index is 14.4. The van der Waals surface area contributed by atoms with Gasteiger partial charge in [-0.3, -0.25) is 5.32 Å². The third-order valence-corrected chi connectivity index (χ3v) is 12.5. The van der Waals surface area contributed by atoms with Crippen molar-refractivity contribution >= 4 is 102 Å². The van der Waals surface area contributed by atoms with E-state index in [2.05, 4.69) is 46.5 Å². The molecule has 1 amide bonds. The zero-order chi connectivity index (χ0) is 65.2. The molecule has 0 aliphatic heterocycles. The molecule has 0 aliphatic carbocycles. The quantitative estimate of drug-likeness (QED) is 0.0401. The van der Waals surface area contributed by atoms with Crippen LogP contribution in [-0.2, 0) is 4.74 Å². The summed E-state index contributed by atoms with van der Waals surface area (Å²) in [5.41, 5.74) is 13.0. The minimum atomic E-state index is -2.45. The average molecular weight is 1260 g/mol. The number of nitrogens with zero attached hydrogens (tertiary/aromatic N) is 4. The normalized spacial score (nSPS) is 11.5. The molecule has 8 aromatic heterocycles. The fourth-order valence-corrected chi connectivity index (χ4v) is 8.09. The second-order valence-corrected chi connectivity index (χ2v) is 20.0. The standard InChI is InChI=1S/C19H19FN2O4.2C14H11FN2O2.C9H9BO4.C5H4BrFN2/c1-19(2,3)26-18(23)22-16-8-6-13(17(20)21-16)15-10-11-9-12(24-4)5-7-14(11)25-15;1-18-9-2-4-11-8(6-9)7-12(19-11)10-3-5-13(16)17-14(10)15;1-16-13-5-3-10(14(15)17-13)12-7-8-6-9(18)2-4-11(8)19-12;1-13-7-2-3-8-6(4-7)5-9(14-8)10(11)12;6-3-1-2-4(8)9-5(3)7/h5-10H,1-4H3,(H,21,22,23);2-7H,1H3,(H2,16,17);2-7,18H,1H3,(H,16,17);2-5,11-12H,1H3;1-2H,(H2,8,9)/i;;1D3;;. The number of phenols is 1. The molecule has 26 heteroatoms. The van der Waals surface area contributed by atoms with Gasteiger partial charge in [0.25, 0.3) is 0 Å². The van der Waals surface area contributed by atoms with Crippen LogP contribution in [0.15, 0.2) is 168 Å². The van der Waals surface area contributed by atoms with E-state index in [0.717, 1.165) is 21.9 Å². The van der Waals surface area contributed by atoms with E-state index < -0.39 is 49.6 Å². The number of carbonyl (C=O) groups is 1. The minimum absolute atomic E-state index is 0.0540. The number of aromatic hydroxyl groups is 1. The summed E-state index contributed by atoms with van der Waals surface area (Å²) in [6.45, 7) is 2.76. The first kappa shape index (κ1) is 58.5. The van der Waals surface area contributed by atoms with E-state index in [1.165, 1.54) is 54.6 Å². The maximum Gasteiger partial charge on any atom is 0.526 e. The number of benzene rings is 4. The highest BCUT2D eigenvalue weighted by Gasteiger charge is 2.20. The van der Waals surface area contributed by atoms with Gasteiger partial charge in [-0.2, -0.15) is 17.6 Å². The van der Waals surface area contributed by atoms with Crippen molar-refractivity contribution in [3.8, 4) is 57.0 Å². The van der Waals surface area contributed by atoms with Gasteiger partial charge in [0, 0.05) is 32.6 Å². The van der Waals surface area contributed by atoms with Crippen LogP contribution in [0.2, 0.25) is 0 Å². The third kappa shape index (κ3) is 16.3. The van der Waals surface area contributed by atoms with Crippen LogP contribution in [0.3, 0.4) is 0 Å². The molecule has 0 radical (unpaired) electrons. The monoisotopic (exact) mass is 1260 g/mol. The van der Waals surface area contributed by atoms with Crippen molar-refractivity contribution in [1.82, 2.24) is 19.9 Å². The van der Waals surface area contributed by atoms with E-state index >= 15 is 0 Å². The van der Waals surface area contributed by atoms with Gasteiger partial charge in [0.1, 0.15) is 97.1 Å². The fraction of sp³-hybridized carbons (Fsp3) is 0.131. The summed E-state index contributed by atoms with van der Waals surface area (Å²) in [5, 5.41) is 34.7. The number of nitrogens with one attached hydrogen (secondary N) is 2. The Kier molecular flexibility index (Phi) is 18.5. The van der Waals surface area contributed by atoms with Crippen molar-refractivity contribution in [2.75, 3.05) is 50.4 Å². The molecule has 0 spiro atoms. The summed E-state index contributed by atoms with van der Waals surface area (Å²) in [4.78, 5) is 26.0. The van der Waals surface area contributed by atoms with E-state index in [9.17, 15) is 27.5 Å². The number of furan rings is 4. The number of hydrogen-bond acceptors (Lipinski definition) is 19. The molecule has 9 N–H and O–H groups in total. The van der Waals surface area contributed by atoms with Crippen molar-refractivity contribution in [1.29, 1.82) is 0 Å². The molecule has 0 atom stereocenters. The minimum Gasteiger partial charge on any atom is -0.508 e. The van der Waals surface area contributed by atoms with E-state index in [4.69, 9.17) is 62.2 Å². The molecular formula is C61H54BBrF4N8O12. The molecule has 0 saturated carbocycles. The number of fused-ring (bicyclic) bond motifs is 4. The van der Waals surface area contributed by atoms with Gasteiger partial charge in [-0.15, -0.1) is 0 Å². The Labute approximate surface area is 505 Å². The van der Waals surface area contributed by atoms with Crippen LogP contribution < -0.4 is 42.0 Å². The number of methoxy groups -OCH3 is 3. The number of rotatable bonds is 9. The molecule has 12 rings (SSSR count). The molecule has 12 aromatic rings. The summed E-state index contributed by atoms with van der Waals surface area (Å²) < 4.78 is 118. The third-order valence-electron chi connectivity index (χ3n) is 11.9. The van der Waals surface area contributed by atoms with Crippen molar-refractivity contribution in [2.45, 2.75) is 26.4 Å². The zero-order valence-corrected chi connectivity index (χ0v) is 48.4. The Morgan fingerprint density at radius 1 is 0.552 bits per heavy atom. The van der Waals surface area contributed by atoms with E-state index in [1.807, 2.05) is 6.07 Å². The fourth-order valence-electron chi connectivity index (χ4n) is 7.87. The Morgan fingerprint density at radius 2 is 0.966 bits per heavy atom. The van der Waals surface area contributed by atoms with Gasteiger partial charge in [-0.1, -0.05) is 0 Å². The van der Waals surface area contributed by atoms with Gasteiger partial charge < -0.3 is 68.6 Å².